The highest BCUT2D eigenvalue weighted by atomic mass is 16.4. The molecule has 0 heterocycles. The van der Waals surface area contributed by atoms with Gasteiger partial charge in [-0.3, -0.25) is 0 Å². The second kappa shape index (κ2) is 77.6. The number of hydrogen-bond acceptors (Lipinski definition) is 2. The molecule has 0 unspecified atom stereocenters. The van der Waals surface area contributed by atoms with Crippen molar-refractivity contribution in [2.24, 2.45) is 0 Å². The zero-order chi connectivity index (χ0) is 63.7. The highest BCUT2D eigenvalue weighted by Crippen LogP contribution is 2.18. The Bertz CT molecular complexity index is 1210. The molecular formula is C82H165BN2O2. The van der Waals surface area contributed by atoms with Crippen molar-refractivity contribution in [3.8, 4) is 0 Å². The third kappa shape index (κ3) is 77.5. The van der Waals surface area contributed by atoms with E-state index in [1.165, 1.54) is 437 Å². The van der Waals surface area contributed by atoms with Gasteiger partial charge in [0.1, 0.15) is 0 Å². The topological polar surface area (TPSA) is 55.0 Å². The third-order valence-corrected chi connectivity index (χ3v) is 19.3. The molecule has 0 aliphatic heterocycles. The van der Waals surface area contributed by atoms with E-state index in [0.29, 0.717) is 5.46 Å². The van der Waals surface area contributed by atoms with Crippen LogP contribution in [0.5, 0.6) is 0 Å². The standard InChI is InChI=1S/2C37H77N.C8H9BO2/c2*1-4-6-8-10-12-14-16-18-20-22-24-26-28-30-32-34-36-38(3)37-35-33-31-29-27-25-23-21-19-17-15-13-11-9-7-5-2;1-6-3-7(2)5-8(4-6)9(10)11/h2*4-37H2,1-3H3;3-5H,1-2H3/q;;-2/p+2. The Morgan fingerprint density at radius 3 is 0.471 bits per heavy atom. The molecule has 0 amide bonds. The molecule has 0 fully saturated rings. The van der Waals surface area contributed by atoms with E-state index in [0.717, 1.165) is 11.1 Å². The van der Waals surface area contributed by atoms with Crippen molar-refractivity contribution in [3.63, 3.8) is 0 Å². The Morgan fingerprint density at radius 1 is 0.218 bits per heavy atom. The van der Waals surface area contributed by atoms with Crippen molar-refractivity contribution in [2.45, 2.75) is 452 Å². The molecule has 2 N–H and O–H groups in total. The molecule has 518 valence electrons. The predicted molar refractivity (Wildman–Crippen MR) is 393 cm³/mol. The van der Waals surface area contributed by atoms with Gasteiger partial charge in [0.2, 0.25) is 0 Å². The van der Waals surface area contributed by atoms with Crippen LogP contribution in [-0.4, -0.2) is 47.4 Å². The van der Waals surface area contributed by atoms with E-state index in [1.807, 2.05) is 19.9 Å². The number of hydrogen-bond donors (Lipinski definition) is 2. The van der Waals surface area contributed by atoms with Crippen molar-refractivity contribution >= 4 is 12.6 Å². The quantitative estimate of drug-likeness (QED) is 0.0504. The molecule has 0 aliphatic carbocycles. The van der Waals surface area contributed by atoms with Gasteiger partial charge < -0.3 is 19.8 Å². The summed E-state index contributed by atoms with van der Waals surface area (Å²) in [6.07, 6.45) is 94.1. The van der Waals surface area contributed by atoms with Crippen LogP contribution in [0.1, 0.15) is 450 Å². The van der Waals surface area contributed by atoms with E-state index >= 15 is 0 Å². The Labute approximate surface area is 551 Å². The van der Waals surface area contributed by atoms with Crippen molar-refractivity contribution in [2.75, 3.05) is 40.3 Å². The summed E-state index contributed by atoms with van der Waals surface area (Å²) < 4.78 is 0. The largest absolute Gasteiger partial charge is 0.889 e. The summed E-state index contributed by atoms with van der Waals surface area (Å²) in [7, 11) is 3.00. The van der Waals surface area contributed by atoms with E-state index < -0.39 is 7.12 Å². The number of nitrogens with one attached hydrogen (secondary N) is 2. The lowest BCUT2D eigenvalue weighted by atomic mass is 9.79. The van der Waals surface area contributed by atoms with Gasteiger partial charge in [0.25, 0.3) is 0 Å². The molecule has 0 aliphatic rings. The van der Waals surface area contributed by atoms with E-state index in [-0.39, 0.29) is 0 Å². The van der Waals surface area contributed by atoms with Gasteiger partial charge in [-0.05, 0) is 65.2 Å². The summed E-state index contributed by atoms with van der Waals surface area (Å²) >= 11 is 0. The van der Waals surface area contributed by atoms with Gasteiger partial charge in [0.15, 0.2) is 0 Å². The van der Waals surface area contributed by atoms with Crippen LogP contribution in [0, 0.1) is 13.8 Å². The molecule has 0 radical (unpaired) electrons. The number of benzene rings is 1. The van der Waals surface area contributed by atoms with E-state index in [2.05, 4.69) is 41.8 Å². The molecule has 0 saturated carbocycles. The molecule has 0 saturated heterocycles. The van der Waals surface area contributed by atoms with Crippen LogP contribution in [-0.2, 0) is 0 Å². The lowest BCUT2D eigenvalue weighted by Gasteiger charge is -2.27. The lowest BCUT2D eigenvalue weighted by Crippen LogP contribution is -3.09. The van der Waals surface area contributed by atoms with Gasteiger partial charge in [0.05, 0.1) is 40.3 Å². The highest BCUT2D eigenvalue weighted by molar-refractivity contribution is 6.55. The molecule has 1 aromatic rings. The Hall–Kier alpha value is -0.875. The Morgan fingerprint density at radius 2 is 0.345 bits per heavy atom. The van der Waals surface area contributed by atoms with Gasteiger partial charge in [-0.1, -0.05) is 424 Å². The first-order chi connectivity index (χ1) is 42.7. The second-order valence-electron chi connectivity index (χ2n) is 28.9. The first-order valence-corrected chi connectivity index (χ1v) is 40.7. The van der Waals surface area contributed by atoms with Gasteiger partial charge in [-0.25, -0.2) is 0 Å². The summed E-state index contributed by atoms with van der Waals surface area (Å²) in [5, 5.41) is 21.0. The maximum absolute atomic E-state index is 10.5. The summed E-state index contributed by atoms with van der Waals surface area (Å²) in [4.78, 5) is 3.56. The van der Waals surface area contributed by atoms with Crippen molar-refractivity contribution in [3.05, 3.63) is 29.3 Å². The van der Waals surface area contributed by atoms with Crippen LogP contribution >= 0.6 is 0 Å². The summed E-state index contributed by atoms with van der Waals surface area (Å²) in [6, 6.07) is 5.21. The number of aryl methyl sites for hydroxylation is 2. The molecular weight excluding hydrogens is 1060 g/mol. The summed E-state index contributed by atoms with van der Waals surface area (Å²) in [6.45, 7) is 18.6. The number of unbranched alkanes of at least 4 members (excludes halogenated alkanes) is 60. The molecule has 87 heavy (non-hydrogen) atoms. The Kier molecular flexibility index (Phi) is 78.6. The van der Waals surface area contributed by atoms with Crippen LogP contribution in [0.2, 0.25) is 0 Å². The fourth-order valence-corrected chi connectivity index (χ4v) is 13.3. The maximum atomic E-state index is 10.5. The van der Waals surface area contributed by atoms with Gasteiger partial charge in [-0.2, -0.15) is 0 Å². The molecule has 1 aromatic carbocycles. The predicted octanol–water partition coefficient (Wildman–Crippen LogP) is 22.8. The van der Waals surface area contributed by atoms with E-state index in [4.69, 9.17) is 0 Å². The zero-order valence-electron chi connectivity index (χ0n) is 61.7. The van der Waals surface area contributed by atoms with Crippen LogP contribution < -0.4 is 25.3 Å². The fourth-order valence-electron chi connectivity index (χ4n) is 13.3. The minimum atomic E-state index is -1.85. The molecule has 1 rings (SSSR count). The van der Waals surface area contributed by atoms with Gasteiger partial charge in [0, 0.05) is 0 Å². The SMILES string of the molecule is CCCCCCCCCCCCCCCCCC[NH+](C)CCCCCCCCCCCCCCCCCC.CCCCCCCCCCCCCCCCCC[NH+](C)CCCCCCCCCCCCCCCCCC.Cc1cc(C)cc(B([O-])[O-])c1. The minimum absolute atomic E-state index is 0.336. The highest BCUT2D eigenvalue weighted by Gasteiger charge is 2.05. The first-order valence-electron chi connectivity index (χ1n) is 40.7. The monoisotopic (exact) mass is 1220 g/mol. The summed E-state index contributed by atoms with van der Waals surface area (Å²) in [5.74, 6) is 0. The lowest BCUT2D eigenvalue weighted by molar-refractivity contribution is -0.880. The van der Waals surface area contributed by atoms with Crippen molar-refractivity contribution in [1.29, 1.82) is 0 Å². The van der Waals surface area contributed by atoms with Gasteiger partial charge in [-0.15, -0.1) is 5.46 Å². The van der Waals surface area contributed by atoms with E-state index in [9.17, 15) is 10.0 Å². The first kappa shape index (κ1) is 88.2. The summed E-state index contributed by atoms with van der Waals surface area (Å²) in [5.41, 5.74) is 2.27. The number of rotatable bonds is 69. The van der Waals surface area contributed by atoms with Crippen LogP contribution in [0.25, 0.3) is 0 Å². The normalized spacial score (nSPS) is 11.4. The average Bonchev–Trinajstić information content (AvgIpc) is 3.72. The molecule has 5 heteroatoms. The van der Waals surface area contributed by atoms with Crippen LogP contribution in [0.15, 0.2) is 18.2 Å². The minimum Gasteiger partial charge on any atom is -0.889 e. The van der Waals surface area contributed by atoms with Crippen LogP contribution in [0.4, 0.5) is 0 Å². The molecule has 0 spiro atoms. The smallest absolute Gasteiger partial charge is 0.0768 e. The second-order valence-corrected chi connectivity index (χ2v) is 28.9. The maximum Gasteiger partial charge on any atom is 0.0768 e. The van der Waals surface area contributed by atoms with Gasteiger partial charge >= 0.3 is 0 Å². The third-order valence-electron chi connectivity index (χ3n) is 19.3. The number of quaternary nitrogens is 2. The van der Waals surface area contributed by atoms with Crippen LogP contribution in [0.3, 0.4) is 0 Å². The zero-order valence-corrected chi connectivity index (χ0v) is 61.7. The average molecular weight is 1220 g/mol. The fraction of sp³-hybridized carbons (Fsp3) is 0.927. The van der Waals surface area contributed by atoms with E-state index in [1.54, 1.807) is 21.9 Å². The van der Waals surface area contributed by atoms with Crippen molar-refractivity contribution in [1.82, 2.24) is 0 Å². The van der Waals surface area contributed by atoms with Crippen molar-refractivity contribution < 1.29 is 19.8 Å². The molecule has 0 atom stereocenters. The molecule has 0 bridgehead atoms. The molecule has 4 nitrogen and oxygen atoms in total. The Balaban J connectivity index is 0. The molecule has 0 aromatic heterocycles.